The summed E-state index contributed by atoms with van der Waals surface area (Å²) in [5, 5.41) is 5.48. The van der Waals surface area contributed by atoms with Gasteiger partial charge in [0.25, 0.3) is 5.91 Å². The zero-order chi connectivity index (χ0) is 21.3. The van der Waals surface area contributed by atoms with E-state index in [1.165, 1.54) is 16.6 Å². The number of hydrogen-bond acceptors (Lipinski definition) is 6. The number of nitrogens with zero attached hydrogens (tertiary/aromatic N) is 1. The summed E-state index contributed by atoms with van der Waals surface area (Å²) in [6, 6.07) is 6.55. The van der Waals surface area contributed by atoms with Crippen LogP contribution in [0.2, 0.25) is 0 Å². The second-order valence-electron chi connectivity index (χ2n) is 7.45. The summed E-state index contributed by atoms with van der Waals surface area (Å²) < 4.78 is 38.5. The molecule has 10 heteroatoms. The Kier molecular flexibility index (Phi) is 5.52. The minimum Gasteiger partial charge on any atom is -0.482 e. The number of ether oxygens (including phenoxy) is 1. The topological polar surface area (TPSA) is 118 Å². The van der Waals surface area contributed by atoms with E-state index in [2.05, 4.69) is 10.6 Å². The van der Waals surface area contributed by atoms with Crippen LogP contribution in [-0.4, -0.2) is 44.2 Å². The number of anilines is 1. The number of furan rings is 1. The Morgan fingerprint density at radius 1 is 1.37 bits per heavy atom. The maximum absolute atomic E-state index is 13.3. The fourth-order valence-corrected chi connectivity index (χ4v) is 5.49. The quantitative estimate of drug-likeness (QED) is 0.740. The normalized spacial score (nSPS) is 19.5. The average Bonchev–Trinajstić information content (AvgIpc) is 3.25. The Hall–Kier alpha value is -2.85. The monoisotopic (exact) mass is 433 g/mol. The molecule has 0 saturated carbocycles. The molecular weight excluding hydrogens is 410 g/mol. The third-order valence-electron chi connectivity index (χ3n) is 5.30. The maximum atomic E-state index is 13.3. The summed E-state index contributed by atoms with van der Waals surface area (Å²) in [6.45, 7) is 2.24. The van der Waals surface area contributed by atoms with Crippen molar-refractivity contribution in [3.8, 4) is 5.75 Å². The van der Waals surface area contributed by atoms with Crippen LogP contribution in [0.15, 0.2) is 39.8 Å². The summed E-state index contributed by atoms with van der Waals surface area (Å²) in [6.07, 6.45) is 2.75. The number of carbonyl (C=O) groups excluding carboxylic acids is 2. The minimum absolute atomic E-state index is 0.112. The third kappa shape index (κ3) is 4.05. The zero-order valence-corrected chi connectivity index (χ0v) is 17.3. The van der Waals surface area contributed by atoms with E-state index in [4.69, 9.17) is 9.15 Å². The van der Waals surface area contributed by atoms with Crippen LogP contribution in [0.3, 0.4) is 0 Å². The summed E-state index contributed by atoms with van der Waals surface area (Å²) in [5.74, 6) is 0.0531. The highest BCUT2D eigenvalue weighted by Crippen LogP contribution is 2.35. The Labute approximate surface area is 174 Å². The van der Waals surface area contributed by atoms with Gasteiger partial charge < -0.3 is 19.8 Å². The number of rotatable bonds is 5. The molecule has 2 aromatic rings. The van der Waals surface area contributed by atoms with Crippen molar-refractivity contribution < 1.29 is 27.2 Å². The Morgan fingerprint density at radius 2 is 2.20 bits per heavy atom. The first-order valence-corrected chi connectivity index (χ1v) is 11.2. The highest BCUT2D eigenvalue weighted by atomic mass is 32.2. The van der Waals surface area contributed by atoms with Crippen LogP contribution >= 0.6 is 0 Å². The zero-order valence-electron chi connectivity index (χ0n) is 16.5. The highest BCUT2D eigenvalue weighted by Gasteiger charge is 2.35. The number of hydrogen-bond donors (Lipinski definition) is 2. The first kappa shape index (κ1) is 20.4. The molecular formula is C20H23N3O6S. The molecule has 1 aromatic carbocycles. The molecule has 2 aliphatic rings. The second kappa shape index (κ2) is 8.11. The number of benzene rings is 1. The Balaban J connectivity index is 1.50. The molecule has 2 amide bonds. The molecule has 3 heterocycles. The molecule has 0 spiro atoms. The molecule has 0 aliphatic carbocycles. The molecule has 1 aromatic heterocycles. The van der Waals surface area contributed by atoms with Crippen LogP contribution in [0, 0.1) is 12.8 Å². The molecule has 1 saturated heterocycles. The van der Waals surface area contributed by atoms with Gasteiger partial charge in [0.05, 0.1) is 29.3 Å². The predicted molar refractivity (Wildman–Crippen MR) is 107 cm³/mol. The van der Waals surface area contributed by atoms with Crippen molar-refractivity contribution in [1.82, 2.24) is 9.62 Å². The largest absolute Gasteiger partial charge is 0.482 e. The van der Waals surface area contributed by atoms with Gasteiger partial charge in [-0.1, -0.05) is 0 Å². The van der Waals surface area contributed by atoms with Gasteiger partial charge in [0.2, 0.25) is 15.9 Å². The van der Waals surface area contributed by atoms with Crippen LogP contribution in [0.1, 0.15) is 24.2 Å². The van der Waals surface area contributed by atoms with Crippen molar-refractivity contribution in [3.05, 3.63) is 41.9 Å². The van der Waals surface area contributed by atoms with Crippen molar-refractivity contribution in [2.75, 3.05) is 25.0 Å². The molecule has 2 aliphatic heterocycles. The summed E-state index contributed by atoms with van der Waals surface area (Å²) in [7, 11) is -3.82. The van der Waals surface area contributed by atoms with E-state index in [1.54, 1.807) is 25.1 Å². The molecule has 160 valence electrons. The fraction of sp³-hybridized carbons (Fsp3) is 0.400. The van der Waals surface area contributed by atoms with E-state index < -0.39 is 15.9 Å². The van der Waals surface area contributed by atoms with Crippen LogP contribution in [0.5, 0.6) is 5.75 Å². The number of amides is 2. The van der Waals surface area contributed by atoms with E-state index in [-0.39, 0.29) is 36.4 Å². The smallest absolute Gasteiger partial charge is 0.262 e. The Bertz CT molecular complexity index is 1060. The van der Waals surface area contributed by atoms with Gasteiger partial charge in [0.1, 0.15) is 11.5 Å². The van der Waals surface area contributed by atoms with Crippen molar-refractivity contribution >= 4 is 27.5 Å². The minimum atomic E-state index is -3.82. The van der Waals surface area contributed by atoms with E-state index in [0.29, 0.717) is 42.1 Å². The third-order valence-corrected chi connectivity index (χ3v) is 7.31. The van der Waals surface area contributed by atoms with E-state index in [9.17, 15) is 18.0 Å². The number of carbonyl (C=O) groups is 2. The van der Waals surface area contributed by atoms with E-state index in [0.717, 1.165) is 0 Å². The standard InChI is InChI=1S/C20H23N3O6S/c1-13-8-16-17(29-12-19(24)22-16)9-18(13)30(26,27)23-6-2-4-14(11-23)20(25)21-10-15-5-3-7-28-15/h3,5,7-9,14H,2,4,6,10-12H2,1H3,(H,21,25)(H,22,24). The number of aryl methyl sites for hydroxylation is 1. The molecule has 1 fully saturated rings. The van der Waals surface area contributed by atoms with Gasteiger partial charge in [-0.3, -0.25) is 9.59 Å². The van der Waals surface area contributed by atoms with Crippen LogP contribution in [-0.2, 0) is 26.2 Å². The van der Waals surface area contributed by atoms with Crippen LogP contribution < -0.4 is 15.4 Å². The lowest BCUT2D eigenvalue weighted by atomic mass is 9.99. The van der Waals surface area contributed by atoms with E-state index >= 15 is 0 Å². The van der Waals surface area contributed by atoms with Crippen molar-refractivity contribution in [1.29, 1.82) is 0 Å². The Morgan fingerprint density at radius 3 is 2.97 bits per heavy atom. The summed E-state index contributed by atoms with van der Waals surface area (Å²) in [4.78, 5) is 24.2. The number of nitrogens with one attached hydrogen (secondary N) is 2. The molecule has 9 nitrogen and oxygen atoms in total. The first-order valence-electron chi connectivity index (χ1n) is 9.72. The molecule has 4 rings (SSSR count). The van der Waals surface area contributed by atoms with Gasteiger partial charge in [0, 0.05) is 19.2 Å². The molecule has 2 N–H and O–H groups in total. The number of fused-ring (bicyclic) bond motifs is 1. The van der Waals surface area contributed by atoms with Crippen LogP contribution in [0.4, 0.5) is 5.69 Å². The lowest BCUT2D eigenvalue weighted by Crippen LogP contribution is -2.45. The van der Waals surface area contributed by atoms with Gasteiger partial charge in [-0.15, -0.1) is 0 Å². The molecule has 1 atom stereocenters. The SMILES string of the molecule is Cc1cc2c(cc1S(=O)(=O)N1CCCC(C(=O)NCc3ccco3)C1)OCC(=O)N2. The van der Waals surface area contributed by atoms with Gasteiger partial charge in [-0.2, -0.15) is 4.31 Å². The van der Waals surface area contributed by atoms with Crippen molar-refractivity contribution in [2.45, 2.75) is 31.2 Å². The first-order chi connectivity index (χ1) is 14.3. The average molecular weight is 433 g/mol. The number of sulfonamides is 1. The maximum Gasteiger partial charge on any atom is 0.262 e. The van der Waals surface area contributed by atoms with Crippen molar-refractivity contribution in [3.63, 3.8) is 0 Å². The summed E-state index contributed by atoms with van der Waals surface area (Å²) >= 11 is 0. The van der Waals surface area contributed by atoms with Gasteiger partial charge in [-0.05, 0) is 43.5 Å². The highest BCUT2D eigenvalue weighted by molar-refractivity contribution is 7.89. The molecule has 0 bridgehead atoms. The molecule has 0 radical (unpaired) electrons. The number of piperidine rings is 1. The van der Waals surface area contributed by atoms with Gasteiger partial charge in [0.15, 0.2) is 6.61 Å². The van der Waals surface area contributed by atoms with Crippen LogP contribution in [0.25, 0.3) is 0 Å². The van der Waals surface area contributed by atoms with Crippen molar-refractivity contribution in [2.24, 2.45) is 5.92 Å². The second-order valence-corrected chi connectivity index (χ2v) is 9.36. The lowest BCUT2D eigenvalue weighted by molar-refractivity contribution is -0.126. The summed E-state index contributed by atoms with van der Waals surface area (Å²) in [5.41, 5.74) is 0.959. The van der Waals surface area contributed by atoms with E-state index in [1.807, 2.05) is 0 Å². The fourth-order valence-electron chi connectivity index (χ4n) is 3.74. The molecule has 30 heavy (non-hydrogen) atoms. The van der Waals surface area contributed by atoms with Gasteiger partial charge in [-0.25, -0.2) is 8.42 Å². The lowest BCUT2D eigenvalue weighted by Gasteiger charge is -2.32. The molecule has 1 unspecified atom stereocenters. The van der Waals surface area contributed by atoms with Gasteiger partial charge >= 0.3 is 0 Å². The predicted octanol–water partition coefficient (Wildman–Crippen LogP) is 1.64.